The van der Waals surface area contributed by atoms with Crippen molar-refractivity contribution in [3.05, 3.63) is 34.9 Å². The molecule has 0 atom stereocenters. The third-order valence-electron chi connectivity index (χ3n) is 6.98. The number of rotatable bonds is 23. The van der Waals surface area contributed by atoms with Gasteiger partial charge in [-0.25, -0.2) is 0 Å². The van der Waals surface area contributed by atoms with Gasteiger partial charge in [0.15, 0.2) is 0 Å². The lowest BCUT2D eigenvalue weighted by atomic mass is 9.97. The van der Waals surface area contributed by atoms with Crippen molar-refractivity contribution in [2.75, 3.05) is 0 Å². The largest absolute Gasteiger partial charge is 0.366 e. The van der Waals surface area contributed by atoms with Crippen LogP contribution in [-0.2, 0) is 12.8 Å². The van der Waals surface area contributed by atoms with Crippen molar-refractivity contribution in [2.45, 2.75) is 155 Å². The van der Waals surface area contributed by atoms with Crippen molar-refractivity contribution >= 4 is 5.91 Å². The Bertz CT molecular complexity index is 552. The minimum atomic E-state index is -0.288. The molecule has 1 aromatic rings. The van der Waals surface area contributed by atoms with E-state index in [1.807, 2.05) is 12.1 Å². The molecule has 0 fully saturated rings. The van der Waals surface area contributed by atoms with E-state index in [1.54, 1.807) is 0 Å². The third-order valence-corrected chi connectivity index (χ3v) is 6.98. The summed E-state index contributed by atoms with van der Waals surface area (Å²) in [5.74, 6) is -0.288. The average Bonchev–Trinajstić information content (AvgIpc) is 2.81. The molecule has 1 amide bonds. The molecular formula is C31H55NO. The lowest BCUT2D eigenvalue weighted by molar-refractivity contribution is 0.1000. The Morgan fingerprint density at radius 2 is 0.818 bits per heavy atom. The van der Waals surface area contributed by atoms with Crippen molar-refractivity contribution in [1.29, 1.82) is 0 Å². The molecule has 2 nitrogen and oxygen atoms in total. The normalized spacial score (nSPS) is 11.2. The predicted molar refractivity (Wildman–Crippen MR) is 146 cm³/mol. The molecular weight excluding hydrogens is 402 g/mol. The molecule has 33 heavy (non-hydrogen) atoms. The summed E-state index contributed by atoms with van der Waals surface area (Å²) < 4.78 is 0. The zero-order chi connectivity index (χ0) is 24.0. The van der Waals surface area contributed by atoms with Crippen molar-refractivity contribution in [3.63, 3.8) is 0 Å². The molecule has 2 heteroatoms. The maximum atomic E-state index is 11.8. The highest BCUT2D eigenvalue weighted by atomic mass is 16.1. The van der Waals surface area contributed by atoms with Gasteiger partial charge in [-0.3, -0.25) is 4.79 Å². The van der Waals surface area contributed by atoms with Gasteiger partial charge in [0, 0.05) is 5.56 Å². The number of hydrogen-bond acceptors (Lipinski definition) is 1. The first kappa shape index (κ1) is 29.7. The number of hydrogen-bond donors (Lipinski definition) is 1. The first-order valence-electron chi connectivity index (χ1n) is 14.6. The second-order valence-corrected chi connectivity index (χ2v) is 10.3. The molecule has 190 valence electrons. The first-order chi connectivity index (χ1) is 16.2. The minimum Gasteiger partial charge on any atom is -0.366 e. The molecule has 1 rings (SSSR count). The van der Waals surface area contributed by atoms with Crippen LogP contribution in [-0.4, -0.2) is 5.91 Å². The topological polar surface area (TPSA) is 43.1 Å². The zero-order valence-electron chi connectivity index (χ0n) is 22.3. The van der Waals surface area contributed by atoms with Crippen molar-refractivity contribution < 1.29 is 4.79 Å². The first-order valence-corrected chi connectivity index (χ1v) is 14.6. The maximum Gasteiger partial charge on any atom is 0.248 e. The molecule has 0 spiro atoms. The van der Waals surface area contributed by atoms with E-state index in [-0.39, 0.29) is 5.91 Å². The van der Waals surface area contributed by atoms with Crippen LogP contribution >= 0.6 is 0 Å². The van der Waals surface area contributed by atoms with Crippen LogP contribution < -0.4 is 5.73 Å². The van der Waals surface area contributed by atoms with Crippen LogP contribution in [0.1, 0.15) is 164 Å². The van der Waals surface area contributed by atoms with Gasteiger partial charge in [0.2, 0.25) is 5.91 Å². The highest BCUT2D eigenvalue weighted by Crippen LogP contribution is 2.18. The smallest absolute Gasteiger partial charge is 0.248 e. The summed E-state index contributed by atoms with van der Waals surface area (Å²) in [6.07, 6.45) is 29.3. The summed E-state index contributed by atoms with van der Waals surface area (Å²) in [7, 11) is 0. The van der Waals surface area contributed by atoms with Crippen molar-refractivity contribution in [1.82, 2.24) is 0 Å². The van der Waals surface area contributed by atoms with Crippen LogP contribution in [0.25, 0.3) is 0 Å². The molecule has 0 radical (unpaired) electrons. The summed E-state index contributed by atoms with van der Waals surface area (Å²) in [5, 5.41) is 0. The highest BCUT2D eigenvalue weighted by molar-refractivity contribution is 5.93. The average molecular weight is 458 g/mol. The SMILES string of the molecule is CCCCCCCCCCCCc1cc(CCCCCCCCCCCC)cc(C(N)=O)c1. The van der Waals surface area contributed by atoms with Crippen LogP contribution in [0.2, 0.25) is 0 Å². The number of unbranched alkanes of at least 4 members (excludes halogenated alkanes) is 18. The second-order valence-electron chi connectivity index (χ2n) is 10.3. The summed E-state index contributed by atoms with van der Waals surface area (Å²) in [6, 6.07) is 6.38. The summed E-state index contributed by atoms with van der Waals surface area (Å²) >= 11 is 0. The van der Waals surface area contributed by atoms with E-state index in [4.69, 9.17) is 5.73 Å². The molecule has 0 aliphatic rings. The number of benzene rings is 1. The van der Waals surface area contributed by atoms with Crippen LogP contribution in [0.3, 0.4) is 0 Å². The Morgan fingerprint density at radius 1 is 0.515 bits per heavy atom. The van der Waals surface area contributed by atoms with Gasteiger partial charge in [0.05, 0.1) is 0 Å². The molecule has 0 aliphatic carbocycles. The van der Waals surface area contributed by atoms with Gasteiger partial charge in [0.1, 0.15) is 0 Å². The number of carbonyl (C=O) groups excluding carboxylic acids is 1. The number of amides is 1. The van der Waals surface area contributed by atoms with E-state index < -0.39 is 0 Å². The molecule has 2 N–H and O–H groups in total. The summed E-state index contributed by atoms with van der Waals surface area (Å²) in [6.45, 7) is 4.56. The molecule has 0 aliphatic heterocycles. The van der Waals surface area contributed by atoms with Gasteiger partial charge >= 0.3 is 0 Å². The van der Waals surface area contributed by atoms with Gasteiger partial charge in [-0.2, -0.15) is 0 Å². The van der Waals surface area contributed by atoms with Crippen LogP contribution in [0.15, 0.2) is 18.2 Å². The Labute approximate surface area is 206 Å². The fourth-order valence-corrected chi connectivity index (χ4v) is 4.83. The van der Waals surface area contributed by atoms with E-state index in [0.717, 1.165) is 12.8 Å². The van der Waals surface area contributed by atoms with E-state index in [2.05, 4.69) is 19.9 Å². The Morgan fingerprint density at radius 3 is 1.12 bits per heavy atom. The summed E-state index contributed by atoms with van der Waals surface area (Å²) in [5.41, 5.74) is 8.91. The number of carbonyl (C=O) groups is 1. The van der Waals surface area contributed by atoms with E-state index >= 15 is 0 Å². The van der Waals surface area contributed by atoms with Gasteiger partial charge in [-0.05, 0) is 48.9 Å². The van der Waals surface area contributed by atoms with Gasteiger partial charge < -0.3 is 5.73 Å². The molecule has 0 unspecified atom stereocenters. The number of primary amides is 1. The second kappa shape index (κ2) is 21.2. The Hall–Kier alpha value is -1.31. The zero-order valence-corrected chi connectivity index (χ0v) is 22.3. The van der Waals surface area contributed by atoms with E-state index in [9.17, 15) is 4.79 Å². The van der Waals surface area contributed by atoms with Gasteiger partial charge in [-0.15, -0.1) is 0 Å². The van der Waals surface area contributed by atoms with Crippen LogP contribution in [0.4, 0.5) is 0 Å². The molecule has 0 saturated heterocycles. The lowest BCUT2D eigenvalue weighted by Gasteiger charge is -2.09. The number of nitrogens with two attached hydrogens (primary N) is 1. The van der Waals surface area contributed by atoms with Crippen LogP contribution in [0.5, 0.6) is 0 Å². The number of aryl methyl sites for hydroxylation is 2. The van der Waals surface area contributed by atoms with E-state index in [1.165, 1.54) is 140 Å². The predicted octanol–water partition coefficient (Wildman–Crippen LogP) is 9.71. The van der Waals surface area contributed by atoms with Crippen LogP contribution in [0, 0.1) is 0 Å². The molecule has 0 bridgehead atoms. The Kier molecular flexibility index (Phi) is 19.1. The third kappa shape index (κ3) is 16.9. The maximum absolute atomic E-state index is 11.8. The molecule has 0 saturated carbocycles. The lowest BCUT2D eigenvalue weighted by Crippen LogP contribution is -2.12. The minimum absolute atomic E-state index is 0.288. The van der Waals surface area contributed by atoms with Gasteiger partial charge in [-0.1, -0.05) is 135 Å². The monoisotopic (exact) mass is 457 g/mol. The van der Waals surface area contributed by atoms with Crippen molar-refractivity contribution in [3.8, 4) is 0 Å². The fourth-order valence-electron chi connectivity index (χ4n) is 4.83. The molecule has 0 aromatic heterocycles. The van der Waals surface area contributed by atoms with Gasteiger partial charge in [0.25, 0.3) is 0 Å². The highest BCUT2D eigenvalue weighted by Gasteiger charge is 2.06. The Balaban J connectivity index is 2.22. The van der Waals surface area contributed by atoms with Crippen molar-refractivity contribution in [2.24, 2.45) is 5.73 Å². The standard InChI is InChI=1S/C31H55NO/c1-3-5-7-9-11-13-15-17-19-21-23-28-25-29(27-30(26-28)31(32)33)24-22-20-18-16-14-12-10-8-6-4-2/h25-27H,3-24H2,1-2H3,(H2,32,33). The quantitative estimate of drug-likeness (QED) is 0.163. The summed E-state index contributed by atoms with van der Waals surface area (Å²) in [4.78, 5) is 11.8. The van der Waals surface area contributed by atoms with E-state index in [0.29, 0.717) is 5.56 Å². The molecule has 1 aromatic carbocycles. The molecule has 0 heterocycles. The fraction of sp³-hybridized carbons (Fsp3) is 0.774.